The molecule has 0 N–H and O–H groups in total. The molecule has 1 fully saturated rings. The monoisotopic (exact) mass is 480 g/mol. The quantitative estimate of drug-likeness (QED) is 0.273. The van der Waals surface area contributed by atoms with Crippen LogP contribution >= 0.6 is 0 Å². The molecule has 0 bridgehead atoms. The van der Waals surface area contributed by atoms with Crippen molar-refractivity contribution in [1.82, 2.24) is 0 Å². The van der Waals surface area contributed by atoms with E-state index in [-0.39, 0.29) is 10.8 Å². The molecule has 0 amide bonds. The van der Waals surface area contributed by atoms with Crippen LogP contribution in [0.25, 0.3) is 33.1 Å². The molecule has 186 valence electrons. The van der Waals surface area contributed by atoms with E-state index in [1.807, 2.05) is 12.1 Å². The van der Waals surface area contributed by atoms with Crippen LogP contribution < -0.4 is 5.46 Å². The van der Waals surface area contributed by atoms with Gasteiger partial charge in [0, 0.05) is 16.3 Å². The number of furan rings is 1. The molecule has 0 atom stereocenters. The van der Waals surface area contributed by atoms with Crippen LogP contribution in [0, 0.1) is 0 Å². The lowest BCUT2D eigenvalue weighted by Gasteiger charge is -2.42. The van der Waals surface area contributed by atoms with E-state index < -0.39 is 18.3 Å². The van der Waals surface area contributed by atoms with Crippen LogP contribution in [0.3, 0.4) is 0 Å². The predicted molar refractivity (Wildman–Crippen MR) is 150 cm³/mol. The summed E-state index contributed by atoms with van der Waals surface area (Å²) in [6, 6.07) is 19.7. The summed E-state index contributed by atoms with van der Waals surface area (Å²) in [5.74, 6) is 0. The highest BCUT2D eigenvalue weighted by atomic mass is 16.7. The molecule has 36 heavy (non-hydrogen) atoms. The second-order valence-electron chi connectivity index (χ2n) is 13.1. The summed E-state index contributed by atoms with van der Waals surface area (Å²) in [7, 11) is -0.448. The van der Waals surface area contributed by atoms with Crippen LogP contribution in [0.4, 0.5) is 0 Å². The second kappa shape index (κ2) is 7.49. The molecule has 1 aliphatic heterocycles. The van der Waals surface area contributed by atoms with Crippen molar-refractivity contribution in [2.75, 3.05) is 0 Å². The zero-order valence-corrected chi connectivity index (χ0v) is 22.9. The molecular weight excluding hydrogens is 443 g/mol. The van der Waals surface area contributed by atoms with Crippen molar-refractivity contribution in [3.63, 3.8) is 0 Å². The van der Waals surface area contributed by atoms with Gasteiger partial charge in [0.2, 0.25) is 0 Å². The normalized spacial score (nSPS) is 21.7. The Bertz CT molecular complexity index is 1490. The molecule has 2 aliphatic rings. The van der Waals surface area contributed by atoms with Gasteiger partial charge in [0.1, 0.15) is 11.2 Å². The van der Waals surface area contributed by atoms with Crippen molar-refractivity contribution < 1.29 is 13.7 Å². The smallest absolute Gasteiger partial charge is 0.455 e. The summed E-state index contributed by atoms with van der Waals surface area (Å²) in [5.41, 5.74) is 7.58. The molecule has 1 aromatic heterocycles. The molecule has 1 saturated heterocycles. The van der Waals surface area contributed by atoms with Gasteiger partial charge < -0.3 is 13.7 Å². The van der Waals surface area contributed by atoms with Gasteiger partial charge in [-0.25, -0.2) is 0 Å². The molecule has 4 heteroatoms. The largest absolute Gasteiger partial charge is 0.495 e. The maximum absolute atomic E-state index is 6.57. The number of rotatable bonds is 2. The van der Waals surface area contributed by atoms with Gasteiger partial charge in [-0.1, -0.05) is 76.2 Å². The molecule has 0 radical (unpaired) electrons. The molecule has 6 rings (SSSR count). The molecule has 0 spiro atoms. The van der Waals surface area contributed by atoms with Gasteiger partial charge in [0.15, 0.2) is 0 Å². The van der Waals surface area contributed by atoms with Crippen LogP contribution in [0.15, 0.2) is 59.0 Å². The van der Waals surface area contributed by atoms with Gasteiger partial charge in [-0.2, -0.15) is 0 Å². The summed E-state index contributed by atoms with van der Waals surface area (Å²) >= 11 is 0. The molecule has 0 saturated carbocycles. The molecule has 3 aromatic carbocycles. The first-order valence-corrected chi connectivity index (χ1v) is 13.3. The molecule has 3 nitrogen and oxygen atoms in total. The van der Waals surface area contributed by atoms with Crippen LogP contribution in [0.5, 0.6) is 0 Å². The van der Waals surface area contributed by atoms with Crippen molar-refractivity contribution >= 4 is 34.5 Å². The molecule has 1 aliphatic carbocycles. The highest BCUT2D eigenvalue weighted by molar-refractivity contribution is 6.66. The third-order valence-corrected chi connectivity index (χ3v) is 9.23. The first-order valence-electron chi connectivity index (χ1n) is 13.3. The summed E-state index contributed by atoms with van der Waals surface area (Å²) in [6.45, 7) is 17.9. The Labute approximate surface area is 215 Å². The van der Waals surface area contributed by atoms with Crippen molar-refractivity contribution in [2.45, 2.75) is 90.3 Å². The Hall–Kier alpha value is -2.56. The minimum absolute atomic E-state index is 0.149. The van der Waals surface area contributed by atoms with Gasteiger partial charge in [-0.05, 0) is 79.6 Å². The third kappa shape index (κ3) is 3.41. The molecule has 4 aromatic rings. The van der Waals surface area contributed by atoms with E-state index in [0.717, 1.165) is 33.0 Å². The lowest BCUT2D eigenvalue weighted by atomic mass is 9.63. The molecule has 2 heterocycles. The fourth-order valence-corrected chi connectivity index (χ4v) is 6.00. The number of para-hydroxylation sites is 1. The zero-order valence-electron chi connectivity index (χ0n) is 22.9. The number of benzene rings is 3. The van der Waals surface area contributed by atoms with E-state index in [1.54, 1.807) is 0 Å². The van der Waals surface area contributed by atoms with E-state index in [2.05, 4.69) is 97.9 Å². The van der Waals surface area contributed by atoms with Crippen LogP contribution in [-0.2, 0) is 20.1 Å². The fourth-order valence-electron chi connectivity index (χ4n) is 6.00. The second-order valence-corrected chi connectivity index (χ2v) is 13.1. The minimum Gasteiger partial charge on any atom is -0.455 e. The standard InChI is InChI=1S/C32H37BO3/c1-29(2)17-18-30(3,4)24-19-20(13-15-23(24)29)21-14-16-25(33-35-31(5,6)32(7,8)36-33)27-22-11-9-10-12-26(22)34-28(21)27/h9-16,19H,17-18H2,1-8H3. The summed E-state index contributed by atoms with van der Waals surface area (Å²) in [6.07, 6.45) is 2.40. The SMILES string of the molecule is CC1(C)CCC(C)(C)c2cc(-c3ccc(B4OC(C)(C)C(C)(C)O4)c4c3oc3ccccc34)ccc21. The zero-order chi connectivity index (χ0) is 25.7. The number of hydrogen-bond acceptors (Lipinski definition) is 3. The topological polar surface area (TPSA) is 31.6 Å². The maximum Gasteiger partial charge on any atom is 0.495 e. The van der Waals surface area contributed by atoms with E-state index in [1.165, 1.54) is 29.5 Å². The van der Waals surface area contributed by atoms with Gasteiger partial charge in [-0.3, -0.25) is 0 Å². The average Bonchev–Trinajstić information content (AvgIpc) is 3.30. The highest BCUT2D eigenvalue weighted by Gasteiger charge is 2.52. The lowest BCUT2D eigenvalue weighted by Crippen LogP contribution is -2.41. The van der Waals surface area contributed by atoms with E-state index in [0.29, 0.717) is 0 Å². The first kappa shape index (κ1) is 23.8. The van der Waals surface area contributed by atoms with Crippen LogP contribution in [-0.4, -0.2) is 18.3 Å². The summed E-state index contributed by atoms with van der Waals surface area (Å²) in [4.78, 5) is 0. The minimum atomic E-state index is -0.448. The van der Waals surface area contributed by atoms with Crippen LogP contribution in [0.2, 0.25) is 0 Å². The average molecular weight is 480 g/mol. The fraction of sp³-hybridized carbons (Fsp3) is 0.438. The number of hydrogen-bond donors (Lipinski definition) is 0. The summed E-state index contributed by atoms with van der Waals surface area (Å²) in [5, 5.41) is 2.18. The Morgan fingerprint density at radius 1 is 0.694 bits per heavy atom. The van der Waals surface area contributed by atoms with Gasteiger partial charge in [-0.15, -0.1) is 0 Å². The van der Waals surface area contributed by atoms with Gasteiger partial charge >= 0.3 is 7.12 Å². The third-order valence-electron chi connectivity index (χ3n) is 9.23. The van der Waals surface area contributed by atoms with Gasteiger partial charge in [0.25, 0.3) is 0 Å². The number of fused-ring (bicyclic) bond motifs is 4. The van der Waals surface area contributed by atoms with Gasteiger partial charge in [0.05, 0.1) is 11.2 Å². The van der Waals surface area contributed by atoms with Crippen molar-refractivity contribution in [3.8, 4) is 11.1 Å². The van der Waals surface area contributed by atoms with E-state index in [4.69, 9.17) is 13.7 Å². The van der Waals surface area contributed by atoms with Crippen molar-refractivity contribution in [2.24, 2.45) is 0 Å². The maximum atomic E-state index is 6.57. The predicted octanol–water partition coefficient (Wildman–Crippen LogP) is 7.90. The van der Waals surface area contributed by atoms with Crippen LogP contribution in [0.1, 0.15) is 79.4 Å². The highest BCUT2D eigenvalue weighted by Crippen LogP contribution is 2.47. The Morgan fingerprint density at radius 3 is 2.03 bits per heavy atom. The lowest BCUT2D eigenvalue weighted by molar-refractivity contribution is 0.00578. The van der Waals surface area contributed by atoms with Crippen molar-refractivity contribution in [1.29, 1.82) is 0 Å². The molecular formula is C32H37BO3. The van der Waals surface area contributed by atoms with Crippen molar-refractivity contribution in [3.05, 3.63) is 65.7 Å². The Balaban J connectivity index is 1.58. The Kier molecular flexibility index (Phi) is 4.96. The first-order chi connectivity index (χ1) is 16.8. The van der Waals surface area contributed by atoms with E-state index >= 15 is 0 Å². The Morgan fingerprint density at radius 2 is 1.33 bits per heavy atom. The molecule has 0 unspecified atom stereocenters. The summed E-state index contributed by atoms with van der Waals surface area (Å²) < 4.78 is 19.5. The van der Waals surface area contributed by atoms with E-state index in [9.17, 15) is 0 Å².